The number of aromatic amines is 1. The molecule has 0 aliphatic heterocycles. The molecule has 2 aromatic rings. The molecule has 0 bridgehead atoms. The predicted octanol–water partition coefficient (Wildman–Crippen LogP) is 1.39. The van der Waals surface area contributed by atoms with E-state index in [0.29, 0.717) is 5.56 Å². The summed E-state index contributed by atoms with van der Waals surface area (Å²) < 4.78 is 41.0. The highest BCUT2D eigenvalue weighted by Gasteiger charge is 2.23. The van der Waals surface area contributed by atoms with Gasteiger partial charge < -0.3 is 5.11 Å². The first kappa shape index (κ1) is 15.6. The first-order chi connectivity index (χ1) is 9.85. The minimum absolute atomic E-state index is 0.0130. The summed E-state index contributed by atoms with van der Waals surface area (Å²) in [7, 11) is -3.91. The Kier molecular flexibility index (Phi) is 4.40. The van der Waals surface area contributed by atoms with E-state index in [1.807, 2.05) is 0 Å². The molecule has 1 unspecified atom stereocenters. The minimum Gasteiger partial charge on any atom is -0.392 e. The molecule has 8 heteroatoms. The fraction of sp³-hybridized carbons (Fsp3) is 0.308. The van der Waals surface area contributed by atoms with Gasteiger partial charge in [0.1, 0.15) is 5.82 Å². The normalized spacial score (nSPS) is 13.3. The summed E-state index contributed by atoms with van der Waals surface area (Å²) in [4.78, 5) is -0.179. The Bertz CT molecular complexity index is 729. The summed E-state index contributed by atoms with van der Waals surface area (Å²) in [5, 5.41) is 15.4. The molecule has 0 radical (unpaired) electrons. The van der Waals surface area contributed by atoms with E-state index in [4.69, 9.17) is 5.11 Å². The number of rotatable bonds is 5. The molecule has 1 atom stereocenters. The Labute approximate surface area is 122 Å². The Balaban J connectivity index is 2.38. The lowest BCUT2D eigenvalue weighted by Gasteiger charge is -2.15. The minimum atomic E-state index is -3.91. The van der Waals surface area contributed by atoms with Gasteiger partial charge >= 0.3 is 0 Å². The van der Waals surface area contributed by atoms with Crippen LogP contribution in [-0.2, 0) is 16.6 Å². The van der Waals surface area contributed by atoms with Crippen LogP contribution in [0.3, 0.4) is 0 Å². The third-order valence-electron chi connectivity index (χ3n) is 3.18. The lowest BCUT2D eigenvalue weighted by Crippen LogP contribution is -2.27. The quantitative estimate of drug-likeness (QED) is 0.777. The van der Waals surface area contributed by atoms with Gasteiger partial charge in [-0.1, -0.05) is 0 Å². The molecule has 0 saturated heterocycles. The van der Waals surface area contributed by atoms with Gasteiger partial charge in [-0.2, -0.15) is 5.10 Å². The summed E-state index contributed by atoms with van der Waals surface area (Å²) in [6, 6.07) is 1.87. The largest absolute Gasteiger partial charge is 0.392 e. The number of aromatic nitrogens is 2. The Morgan fingerprint density at radius 3 is 2.76 bits per heavy atom. The van der Waals surface area contributed by atoms with Gasteiger partial charge in [0.05, 0.1) is 17.7 Å². The summed E-state index contributed by atoms with van der Waals surface area (Å²) in [6.07, 6.45) is 3.08. The number of H-pyrrole nitrogens is 1. The molecule has 0 spiro atoms. The molecule has 0 aliphatic carbocycles. The molecule has 1 aromatic heterocycles. The van der Waals surface area contributed by atoms with Crippen LogP contribution < -0.4 is 4.72 Å². The molecule has 0 fully saturated rings. The SMILES string of the molecule is Cc1c(F)cc(CO)cc1S(=O)(=O)NC(C)c1cn[nH]c1. The van der Waals surface area contributed by atoms with Crippen LogP contribution in [0.5, 0.6) is 0 Å². The summed E-state index contributed by atoms with van der Waals surface area (Å²) in [6.45, 7) is 2.61. The number of aliphatic hydroxyl groups excluding tert-OH is 1. The number of nitrogens with one attached hydrogen (secondary N) is 2. The predicted molar refractivity (Wildman–Crippen MR) is 74.4 cm³/mol. The third kappa shape index (κ3) is 3.29. The molecule has 21 heavy (non-hydrogen) atoms. The number of hydrogen-bond donors (Lipinski definition) is 3. The first-order valence-corrected chi connectivity index (χ1v) is 7.74. The van der Waals surface area contributed by atoms with Gasteiger partial charge in [0.2, 0.25) is 10.0 Å². The van der Waals surface area contributed by atoms with Gasteiger partial charge in [-0.05, 0) is 31.5 Å². The first-order valence-electron chi connectivity index (χ1n) is 6.26. The van der Waals surface area contributed by atoms with E-state index >= 15 is 0 Å². The highest BCUT2D eigenvalue weighted by molar-refractivity contribution is 7.89. The summed E-state index contributed by atoms with van der Waals surface area (Å²) >= 11 is 0. The van der Waals surface area contributed by atoms with Crippen LogP contribution in [0.2, 0.25) is 0 Å². The molecule has 1 aromatic carbocycles. The van der Waals surface area contributed by atoms with Crippen LogP contribution in [0, 0.1) is 12.7 Å². The topological polar surface area (TPSA) is 95.1 Å². The van der Waals surface area contributed by atoms with Gasteiger partial charge in [0.25, 0.3) is 0 Å². The monoisotopic (exact) mass is 313 g/mol. The maximum Gasteiger partial charge on any atom is 0.241 e. The van der Waals surface area contributed by atoms with Gasteiger partial charge in [-0.15, -0.1) is 0 Å². The Morgan fingerprint density at radius 2 is 2.19 bits per heavy atom. The molecule has 6 nitrogen and oxygen atoms in total. The standard InChI is InChI=1S/C13H16FN3O3S/c1-8-12(14)3-10(7-18)4-13(8)21(19,20)17-9(2)11-5-15-16-6-11/h3-6,9,17-18H,7H2,1-2H3,(H,15,16). The van der Waals surface area contributed by atoms with E-state index in [2.05, 4.69) is 14.9 Å². The Morgan fingerprint density at radius 1 is 1.48 bits per heavy atom. The highest BCUT2D eigenvalue weighted by atomic mass is 32.2. The summed E-state index contributed by atoms with van der Waals surface area (Å²) in [5.41, 5.74) is 0.878. The van der Waals surface area contributed by atoms with Gasteiger partial charge in [0, 0.05) is 23.4 Å². The number of hydrogen-bond acceptors (Lipinski definition) is 4. The van der Waals surface area contributed by atoms with Crippen molar-refractivity contribution in [2.45, 2.75) is 31.4 Å². The fourth-order valence-corrected chi connectivity index (χ4v) is 3.47. The lowest BCUT2D eigenvalue weighted by molar-refractivity contribution is 0.281. The van der Waals surface area contributed by atoms with E-state index in [1.54, 1.807) is 13.1 Å². The van der Waals surface area contributed by atoms with Crippen LogP contribution in [0.1, 0.15) is 29.7 Å². The number of benzene rings is 1. The van der Waals surface area contributed by atoms with Gasteiger partial charge in [0.15, 0.2) is 0 Å². The molecular formula is C13H16FN3O3S. The molecule has 0 aliphatic rings. The van der Waals surface area contributed by atoms with Gasteiger partial charge in [-0.3, -0.25) is 5.10 Å². The van der Waals surface area contributed by atoms with Crippen molar-refractivity contribution in [2.24, 2.45) is 0 Å². The molecular weight excluding hydrogens is 297 g/mol. The molecule has 114 valence electrons. The van der Waals surface area contributed by atoms with E-state index in [9.17, 15) is 12.8 Å². The van der Waals surface area contributed by atoms with Crippen molar-refractivity contribution in [1.29, 1.82) is 0 Å². The zero-order valence-electron chi connectivity index (χ0n) is 11.6. The number of nitrogens with zero attached hydrogens (tertiary/aromatic N) is 1. The molecule has 1 heterocycles. The van der Waals surface area contributed by atoms with E-state index in [0.717, 1.165) is 6.07 Å². The van der Waals surface area contributed by atoms with Crippen LogP contribution in [0.25, 0.3) is 0 Å². The Hall–Kier alpha value is -1.77. The number of sulfonamides is 1. The van der Waals surface area contributed by atoms with Crippen LogP contribution >= 0.6 is 0 Å². The van der Waals surface area contributed by atoms with Crippen molar-refractivity contribution in [3.63, 3.8) is 0 Å². The van der Waals surface area contributed by atoms with Crippen LogP contribution in [-0.4, -0.2) is 23.7 Å². The summed E-state index contributed by atoms with van der Waals surface area (Å²) in [5.74, 6) is -0.669. The molecule has 3 N–H and O–H groups in total. The van der Waals surface area contributed by atoms with Crippen LogP contribution in [0.15, 0.2) is 29.4 Å². The molecule has 0 saturated carbocycles. The maximum atomic E-state index is 13.7. The van der Waals surface area contributed by atoms with Crippen LogP contribution in [0.4, 0.5) is 4.39 Å². The second-order valence-electron chi connectivity index (χ2n) is 4.73. The molecule has 0 amide bonds. The maximum absolute atomic E-state index is 13.7. The van der Waals surface area contributed by atoms with E-state index in [-0.39, 0.29) is 16.0 Å². The number of halogens is 1. The second-order valence-corrected chi connectivity index (χ2v) is 6.42. The smallest absolute Gasteiger partial charge is 0.241 e. The third-order valence-corrected chi connectivity index (χ3v) is 4.85. The van der Waals surface area contributed by atoms with E-state index in [1.165, 1.54) is 19.2 Å². The zero-order valence-corrected chi connectivity index (χ0v) is 12.4. The van der Waals surface area contributed by atoms with Crippen molar-refractivity contribution in [3.8, 4) is 0 Å². The van der Waals surface area contributed by atoms with Crippen molar-refractivity contribution >= 4 is 10.0 Å². The number of aliphatic hydroxyl groups is 1. The van der Waals surface area contributed by atoms with Crippen molar-refractivity contribution in [2.75, 3.05) is 0 Å². The van der Waals surface area contributed by atoms with Crippen molar-refractivity contribution in [3.05, 3.63) is 47.0 Å². The average molecular weight is 313 g/mol. The lowest BCUT2D eigenvalue weighted by atomic mass is 10.1. The molecule has 2 rings (SSSR count). The highest BCUT2D eigenvalue weighted by Crippen LogP contribution is 2.22. The van der Waals surface area contributed by atoms with Crippen molar-refractivity contribution in [1.82, 2.24) is 14.9 Å². The van der Waals surface area contributed by atoms with Gasteiger partial charge in [-0.25, -0.2) is 17.5 Å². The van der Waals surface area contributed by atoms with Crippen molar-refractivity contribution < 1.29 is 17.9 Å². The zero-order chi connectivity index (χ0) is 15.6. The second kappa shape index (κ2) is 5.92. The van der Waals surface area contributed by atoms with E-state index < -0.39 is 28.5 Å². The fourth-order valence-electron chi connectivity index (χ4n) is 1.94. The average Bonchev–Trinajstić information content (AvgIpc) is 2.95.